The summed E-state index contributed by atoms with van der Waals surface area (Å²) in [6.45, 7) is 1.62. The normalized spacial score (nSPS) is 24.4. The van der Waals surface area contributed by atoms with Gasteiger partial charge in [-0.15, -0.1) is 11.6 Å². The number of alkyl halides is 1. The zero-order valence-electron chi connectivity index (χ0n) is 11.8. The Morgan fingerprint density at radius 2 is 2.09 bits per heavy atom. The maximum absolute atomic E-state index is 12.0. The second kappa shape index (κ2) is 5.90. The largest absolute Gasteiger partial charge is 0.480 e. The quantitative estimate of drug-likeness (QED) is 0.723. The van der Waals surface area contributed by atoms with Crippen molar-refractivity contribution in [1.82, 2.24) is 4.98 Å². The summed E-state index contributed by atoms with van der Waals surface area (Å²) in [5.41, 5.74) is 5.24. The minimum atomic E-state index is -1.74. The lowest BCUT2D eigenvalue weighted by molar-refractivity contribution is -0.142. The van der Waals surface area contributed by atoms with E-state index >= 15 is 0 Å². The second-order valence-electron chi connectivity index (χ2n) is 5.09. The zero-order valence-corrected chi connectivity index (χ0v) is 12.5. The molecule has 0 aromatic carbocycles. The first-order valence-corrected chi connectivity index (χ1v) is 7.02. The monoisotopic (exact) mass is 322 g/mol. The molecule has 0 fully saturated rings. The predicted molar refractivity (Wildman–Crippen MR) is 80.6 cm³/mol. The first-order valence-electron chi connectivity index (χ1n) is 6.48. The highest BCUT2D eigenvalue weighted by Gasteiger charge is 2.50. The van der Waals surface area contributed by atoms with Crippen LogP contribution in [0, 0.1) is 0 Å². The molecule has 0 spiro atoms. The Morgan fingerprint density at radius 3 is 2.64 bits per heavy atom. The number of aliphatic carboxylic acids is 2. The van der Waals surface area contributed by atoms with Crippen molar-refractivity contribution in [2.45, 2.75) is 24.3 Å². The lowest BCUT2D eigenvalue weighted by Crippen LogP contribution is -2.54. The molecule has 1 heterocycles. The molecule has 0 amide bonds. The van der Waals surface area contributed by atoms with Crippen molar-refractivity contribution >= 4 is 23.5 Å². The Labute approximate surface area is 131 Å². The van der Waals surface area contributed by atoms with E-state index in [9.17, 15) is 19.8 Å². The number of carboxylic acid groups (broad SMARTS) is 2. The van der Waals surface area contributed by atoms with Crippen molar-refractivity contribution in [3.63, 3.8) is 0 Å². The van der Waals surface area contributed by atoms with Gasteiger partial charge >= 0.3 is 11.9 Å². The van der Waals surface area contributed by atoms with Gasteiger partial charge in [-0.1, -0.05) is 17.7 Å². The highest BCUT2D eigenvalue weighted by molar-refractivity contribution is 6.16. The van der Waals surface area contributed by atoms with Gasteiger partial charge in [0.05, 0.1) is 28.9 Å². The van der Waals surface area contributed by atoms with Gasteiger partial charge in [0.2, 0.25) is 0 Å². The van der Waals surface area contributed by atoms with Crippen LogP contribution in [0.25, 0.3) is 0 Å². The molecule has 0 saturated heterocycles. The SMILES string of the molecule is CC1=CC(C(=O)O)(c2cccc(CCl)n2)C(N)C(C(=O)O)=C1. The Bertz CT molecular complexity index is 699. The Balaban J connectivity index is 2.70. The first-order chi connectivity index (χ1) is 10.3. The van der Waals surface area contributed by atoms with Crippen LogP contribution in [-0.4, -0.2) is 33.2 Å². The number of aromatic nitrogens is 1. The number of halogens is 1. The average molecular weight is 323 g/mol. The maximum Gasteiger partial charge on any atom is 0.333 e. The van der Waals surface area contributed by atoms with Crippen molar-refractivity contribution in [2.75, 3.05) is 0 Å². The molecule has 0 saturated carbocycles. The van der Waals surface area contributed by atoms with Gasteiger partial charge in [0, 0.05) is 0 Å². The van der Waals surface area contributed by atoms with Crippen molar-refractivity contribution in [1.29, 1.82) is 0 Å². The number of nitrogens with zero attached hydrogens (tertiary/aromatic N) is 1. The second-order valence-corrected chi connectivity index (χ2v) is 5.36. The summed E-state index contributed by atoms with van der Waals surface area (Å²) >= 11 is 5.74. The first kappa shape index (κ1) is 16.2. The molecule has 1 aliphatic carbocycles. The van der Waals surface area contributed by atoms with E-state index in [0.29, 0.717) is 11.3 Å². The Morgan fingerprint density at radius 1 is 1.41 bits per heavy atom. The molecule has 7 heteroatoms. The number of hydrogen-bond acceptors (Lipinski definition) is 4. The number of rotatable bonds is 4. The fraction of sp³-hybridized carbons (Fsp3) is 0.267. The fourth-order valence-electron chi connectivity index (χ4n) is 2.59. The third kappa shape index (κ3) is 2.51. The summed E-state index contributed by atoms with van der Waals surface area (Å²) in [6, 6.07) is 3.53. The van der Waals surface area contributed by atoms with Gasteiger partial charge in [0.25, 0.3) is 0 Å². The number of pyridine rings is 1. The maximum atomic E-state index is 12.0. The van der Waals surface area contributed by atoms with Gasteiger partial charge in [-0.3, -0.25) is 9.78 Å². The van der Waals surface area contributed by atoms with Crippen LogP contribution in [0.5, 0.6) is 0 Å². The van der Waals surface area contributed by atoms with Crippen LogP contribution >= 0.6 is 11.6 Å². The minimum absolute atomic E-state index is 0.114. The highest BCUT2D eigenvalue weighted by atomic mass is 35.5. The molecule has 1 aliphatic rings. The highest BCUT2D eigenvalue weighted by Crippen LogP contribution is 2.36. The predicted octanol–water partition coefficient (Wildman–Crippen LogP) is 1.44. The van der Waals surface area contributed by atoms with Crippen LogP contribution in [-0.2, 0) is 20.9 Å². The van der Waals surface area contributed by atoms with E-state index in [1.807, 2.05) is 0 Å². The van der Waals surface area contributed by atoms with Crippen LogP contribution in [0.15, 0.2) is 41.5 Å². The molecule has 1 aromatic rings. The molecular formula is C15H15ClN2O4. The summed E-state index contributed by atoms with van der Waals surface area (Å²) < 4.78 is 0. The Hall–Kier alpha value is -2.18. The summed E-state index contributed by atoms with van der Waals surface area (Å²) in [4.78, 5) is 27.6. The van der Waals surface area contributed by atoms with Crippen LogP contribution in [0.2, 0.25) is 0 Å². The summed E-state index contributed by atoms with van der Waals surface area (Å²) in [5, 5.41) is 19.1. The molecule has 6 nitrogen and oxygen atoms in total. The molecular weight excluding hydrogens is 308 g/mol. The van der Waals surface area contributed by atoms with Gasteiger partial charge in [-0.2, -0.15) is 0 Å². The molecule has 0 bridgehead atoms. The van der Waals surface area contributed by atoms with E-state index in [2.05, 4.69) is 4.98 Å². The van der Waals surface area contributed by atoms with E-state index in [1.54, 1.807) is 19.1 Å². The number of carboxylic acids is 2. The van der Waals surface area contributed by atoms with Crippen molar-refractivity contribution in [3.8, 4) is 0 Å². The summed E-state index contributed by atoms with van der Waals surface area (Å²) in [6.07, 6.45) is 2.81. The van der Waals surface area contributed by atoms with E-state index in [1.165, 1.54) is 18.2 Å². The van der Waals surface area contributed by atoms with Crippen molar-refractivity contribution in [2.24, 2.45) is 5.73 Å². The molecule has 0 aliphatic heterocycles. The van der Waals surface area contributed by atoms with Gasteiger partial charge in [-0.25, -0.2) is 4.79 Å². The smallest absolute Gasteiger partial charge is 0.333 e. The van der Waals surface area contributed by atoms with Crippen LogP contribution in [0.1, 0.15) is 18.3 Å². The van der Waals surface area contributed by atoms with E-state index in [4.69, 9.17) is 17.3 Å². The number of carbonyl (C=O) groups is 2. The minimum Gasteiger partial charge on any atom is -0.480 e. The van der Waals surface area contributed by atoms with Crippen LogP contribution in [0.4, 0.5) is 0 Å². The Kier molecular flexibility index (Phi) is 4.35. The molecule has 2 atom stereocenters. The molecule has 0 radical (unpaired) electrons. The van der Waals surface area contributed by atoms with E-state index in [0.717, 1.165) is 0 Å². The van der Waals surface area contributed by atoms with Gasteiger partial charge in [0.1, 0.15) is 5.41 Å². The number of hydrogen-bond donors (Lipinski definition) is 3. The fourth-order valence-corrected chi connectivity index (χ4v) is 2.74. The third-order valence-corrected chi connectivity index (χ3v) is 3.91. The van der Waals surface area contributed by atoms with Crippen molar-refractivity contribution < 1.29 is 19.8 Å². The average Bonchev–Trinajstić information content (AvgIpc) is 2.48. The zero-order chi connectivity index (χ0) is 16.5. The number of allylic oxidation sites excluding steroid dienone is 2. The molecule has 116 valence electrons. The lowest BCUT2D eigenvalue weighted by atomic mass is 9.70. The third-order valence-electron chi connectivity index (χ3n) is 3.63. The van der Waals surface area contributed by atoms with Gasteiger partial charge < -0.3 is 15.9 Å². The molecule has 22 heavy (non-hydrogen) atoms. The van der Waals surface area contributed by atoms with E-state index < -0.39 is 23.4 Å². The van der Waals surface area contributed by atoms with Crippen molar-refractivity contribution in [3.05, 3.63) is 52.9 Å². The summed E-state index contributed by atoms with van der Waals surface area (Å²) in [7, 11) is 0. The van der Waals surface area contributed by atoms with Gasteiger partial charge in [0.15, 0.2) is 0 Å². The van der Waals surface area contributed by atoms with Gasteiger partial charge in [-0.05, 0) is 25.1 Å². The lowest BCUT2D eigenvalue weighted by Gasteiger charge is -2.35. The van der Waals surface area contributed by atoms with Crippen LogP contribution in [0.3, 0.4) is 0 Å². The standard InChI is InChI=1S/C15H15ClN2O4/c1-8-5-10(13(19)20)12(17)15(6-8,14(21)22)11-4-2-3-9(7-16)18-11/h2-6,12H,7,17H2,1H3,(H,19,20)(H,21,22). The molecule has 4 N–H and O–H groups in total. The summed E-state index contributed by atoms with van der Waals surface area (Å²) in [5.74, 6) is -2.40. The topological polar surface area (TPSA) is 114 Å². The molecule has 2 unspecified atom stereocenters. The van der Waals surface area contributed by atoms with Crippen LogP contribution < -0.4 is 5.73 Å². The number of nitrogens with two attached hydrogens (primary N) is 1. The van der Waals surface area contributed by atoms with E-state index in [-0.39, 0.29) is 17.1 Å². The molecule has 1 aromatic heterocycles. The molecule has 2 rings (SSSR count).